The van der Waals surface area contributed by atoms with Crippen LogP contribution in [0.5, 0.6) is 0 Å². The van der Waals surface area contributed by atoms with Crippen molar-refractivity contribution in [1.82, 2.24) is 15.2 Å². The highest BCUT2D eigenvalue weighted by Crippen LogP contribution is 2.13. The minimum Gasteiger partial charge on any atom is -0.348 e. The second-order valence-corrected chi connectivity index (χ2v) is 6.07. The number of piperidine rings is 1. The first-order valence-electron chi connectivity index (χ1n) is 8.30. The van der Waals surface area contributed by atoms with E-state index in [0.29, 0.717) is 12.1 Å². The lowest BCUT2D eigenvalue weighted by atomic mass is 10.1. The van der Waals surface area contributed by atoms with Gasteiger partial charge in [0.05, 0.1) is 0 Å². The molecule has 1 fully saturated rings. The van der Waals surface area contributed by atoms with E-state index in [9.17, 15) is 4.79 Å². The van der Waals surface area contributed by atoms with Gasteiger partial charge in [-0.15, -0.1) is 0 Å². The molecule has 1 aromatic carbocycles. The summed E-state index contributed by atoms with van der Waals surface area (Å²) < 4.78 is 0. The molecule has 0 aliphatic carbocycles. The predicted molar refractivity (Wildman–Crippen MR) is 91.0 cm³/mol. The molecule has 1 aromatic heterocycles. The van der Waals surface area contributed by atoms with Gasteiger partial charge >= 0.3 is 0 Å². The summed E-state index contributed by atoms with van der Waals surface area (Å²) in [5, 5.41) is 2.94. The van der Waals surface area contributed by atoms with E-state index < -0.39 is 0 Å². The van der Waals surface area contributed by atoms with Gasteiger partial charge in [0.1, 0.15) is 0 Å². The van der Waals surface area contributed by atoms with Crippen molar-refractivity contribution in [2.75, 3.05) is 13.1 Å². The van der Waals surface area contributed by atoms with Crippen LogP contribution < -0.4 is 5.32 Å². The standard InChI is InChI=1S/C19H23N3O/c23-19(18-8-10-20-11-9-18)21-14-16-4-6-17(7-5-16)15-22-12-2-1-3-13-22/h4-11H,1-3,12-15H2,(H,21,23). The highest BCUT2D eigenvalue weighted by Gasteiger charge is 2.10. The van der Waals surface area contributed by atoms with Crippen LogP contribution >= 0.6 is 0 Å². The largest absolute Gasteiger partial charge is 0.348 e. The molecule has 1 amide bonds. The molecular formula is C19H23N3O. The van der Waals surface area contributed by atoms with Gasteiger partial charge in [-0.05, 0) is 49.2 Å². The third-order valence-electron chi connectivity index (χ3n) is 4.27. The maximum Gasteiger partial charge on any atom is 0.251 e. The third-order valence-corrected chi connectivity index (χ3v) is 4.27. The number of amides is 1. The van der Waals surface area contributed by atoms with Gasteiger partial charge in [-0.3, -0.25) is 14.7 Å². The van der Waals surface area contributed by atoms with E-state index in [0.717, 1.165) is 12.1 Å². The summed E-state index contributed by atoms with van der Waals surface area (Å²) >= 11 is 0. The van der Waals surface area contributed by atoms with Crippen LogP contribution in [-0.2, 0) is 13.1 Å². The van der Waals surface area contributed by atoms with Crippen LogP contribution in [0.25, 0.3) is 0 Å². The summed E-state index contributed by atoms with van der Waals surface area (Å²) in [6.07, 6.45) is 7.26. The first kappa shape index (κ1) is 15.7. The van der Waals surface area contributed by atoms with E-state index >= 15 is 0 Å². The van der Waals surface area contributed by atoms with Crippen molar-refractivity contribution < 1.29 is 4.79 Å². The number of nitrogens with one attached hydrogen (secondary N) is 1. The first-order chi connectivity index (χ1) is 11.3. The quantitative estimate of drug-likeness (QED) is 0.923. The summed E-state index contributed by atoms with van der Waals surface area (Å²) in [4.78, 5) is 18.4. The molecule has 1 aliphatic rings. The molecule has 120 valence electrons. The molecule has 23 heavy (non-hydrogen) atoms. The van der Waals surface area contributed by atoms with Gasteiger partial charge in [0.15, 0.2) is 0 Å². The smallest absolute Gasteiger partial charge is 0.251 e. The first-order valence-corrected chi connectivity index (χ1v) is 8.30. The Morgan fingerprint density at radius 2 is 1.61 bits per heavy atom. The molecule has 1 aliphatic heterocycles. The lowest BCUT2D eigenvalue weighted by Crippen LogP contribution is -2.29. The summed E-state index contributed by atoms with van der Waals surface area (Å²) in [5.41, 5.74) is 3.10. The van der Waals surface area contributed by atoms with Gasteiger partial charge in [-0.25, -0.2) is 0 Å². The average Bonchev–Trinajstić information content (AvgIpc) is 2.62. The van der Waals surface area contributed by atoms with E-state index in [2.05, 4.69) is 39.5 Å². The topological polar surface area (TPSA) is 45.2 Å². The molecule has 1 N–H and O–H groups in total. The van der Waals surface area contributed by atoms with Gasteiger partial charge in [0.25, 0.3) is 5.91 Å². The normalized spacial score (nSPS) is 15.3. The van der Waals surface area contributed by atoms with Gasteiger partial charge in [-0.2, -0.15) is 0 Å². The van der Waals surface area contributed by atoms with Crippen molar-refractivity contribution in [3.63, 3.8) is 0 Å². The lowest BCUT2D eigenvalue weighted by Gasteiger charge is -2.26. The zero-order valence-corrected chi connectivity index (χ0v) is 13.4. The Labute approximate surface area is 137 Å². The SMILES string of the molecule is O=C(NCc1ccc(CN2CCCCC2)cc1)c1ccncc1. The van der Waals surface area contributed by atoms with Crippen molar-refractivity contribution in [3.05, 3.63) is 65.5 Å². The molecule has 0 bridgehead atoms. The van der Waals surface area contributed by atoms with E-state index in [1.54, 1.807) is 24.5 Å². The number of hydrogen-bond acceptors (Lipinski definition) is 3. The van der Waals surface area contributed by atoms with Crippen LogP contribution in [0.1, 0.15) is 40.7 Å². The zero-order chi connectivity index (χ0) is 15.9. The van der Waals surface area contributed by atoms with Crippen molar-refractivity contribution in [3.8, 4) is 0 Å². The van der Waals surface area contributed by atoms with E-state index in [1.165, 1.54) is 37.9 Å². The van der Waals surface area contributed by atoms with Crippen molar-refractivity contribution >= 4 is 5.91 Å². The fourth-order valence-corrected chi connectivity index (χ4v) is 2.93. The lowest BCUT2D eigenvalue weighted by molar-refractivity contribution is 0.0951. The summed E-state index contributed by atoms with van der Waals surface area (Å²) in [7, 11) is 0. The van der Waals surface area contributed by atoms with Crippen LogP contribution in [0.15, 0.2) is 48.8 Å². The van der Waals surface area contributed by atoms with Crippen LogP contribution in [0.4, 0.5) is 0 Å². The summed E-state index contributed by atoms with van der Waals surface area (Å²) in [6.45, 7) is 4.00. The monoisotopic (exact) mass is 309 g/mol. The number of likely N-dealkylation sites (tertiary alicyclic amines) is 1. The Kier molecular flexibility index (Phi) is 5.37. The molecule has 4 nitrogen and oxygen atoms in total. The summed E-state index contributed by atoms with van der Waals surface area (Å²) in [5.74, 6) is -0.0650. The average molecular weight is 309 g/mol. The number of rotatable bonds is 5. The molecule has 1 saturated heterocycles. The van der Waals surface area contributed by atoms with Gasteiger partial charge in [0, 0.05) is 31.0 Å². The van der Waals surface area contributed by atoms with Crippen LogP contribution in [-0.4, -0.2) is 28.9 Å². The van der Waals surface area contributed by atoms with E-state index in [1.807, 2.05) is 0 Å². The van der Waals surface area contributed by atoms with Gasteiger partial charge < -0.3 is 5.32 Å². The Morgan fingerprint density at radius 1 is 0.957 bits per heavy atom. The zero-order valence-electron chi connectivity index (χ0n) is 13.4. The molecule has 0 atom stereocenters. The maximum atomic E-state index is 12.0. The highest BCUT2D eigenvalue weighted by atomic mass is 16.1. The molecule has 4 heteroatoms. The molecular weight excluding hydrogens is 286 g/mol. The van der Waals surface area contributed by atoms with Crippen molar-refractivity contribution in [1.29, 1.82) is 0 Å². The number of nitrogens with zero attached hydrogens (tertiary/aromatic N) is 2. The number of aromatic nitrogens is 1. The van der Waals surface area contributed by atoms with Crippen LogP contribution in [0.3, 0.4) is 0 Å². The molecule has 2 heterocycles. The molecule has 3 rings (SSSR count). The minimum absolute atomic E-state index is 0.0650. The number of hydrogen-bond donors (Lipinski definition) is 1. The Hall–Kier alpha value is -2.20. The van der Waals surface area contributed by atoms with Crippen LogP contribution in [0.2, 0.25) is 0 Å². The van der Waals surface area contributed by atoms with E-state index in [4.69, 9.17) is 0 Å². The number of benzene rings is 1. The highest BCUT2D eigenvalue weighted by molar-refractivity contribution is 5.93. The Balaban J connectivity index is 1.50. The maximum absolute atomic E-state index is 12.0. The van der Waals surface area contributed by atoms with E-state index in [-0.39, 0.29) is 5.91 Å². The Bertz CT molecular complexity index is 619. The molecule has 0 spiro atoms. The number of carbonyl (C=O) groups excluding carboxylic acids is 1. The molecule has 0 unspecified atom stereocenters. The fourth-order valence-electron chi connectivity index (χ4n) is 2.93. The van der Waals surface area contributed by atoms with Crippen LogP contribution in [0, 0.1) is 0 Å². The summed E-state index contributed by atoms with van der Waals surface area (Å²) in [6, 6.07) is 12.0. The molecule has 0 radical (unpaired) electrons. The third kappa shape index (κ3) is 4.63. The second kappa shape index (κ2) is 7.88. The minimum atomic E-state index is -0.0650. The number of pyridine rings is 1. The Morgan fingerprint density at radius 3 is 2.30 bits per heavy atom. The molecule has 2 aromatic rings. The predicted octanol–water partition coefficient (Wildman–Crippen LogP) is 3.00. The van der Waals surface area contributed by atoms with Crippen molar-refractivity contribution in [2.24, 2.45) is 0 Å². The fraction of sp³-hybridized carbons (Fsp3) is 0.368. The van der Waals surface area contributed by atoms with Gasteiger partial charge in [-0.1, -0.05) is 30.7 Å². The number of carbonyl (C=O) groups is 1. The van der Waals surface area contributed by atoms with Crippen molar-refractivity contribution in [2.45, 2.75) is 32.4 Å². The second-order valence-electron chi connectivity index (χ2n) is 6.07. The molecule has 0 saturated carbocycles. The van der Waals surface area contributed by atoms with Gasteiger partial charge in [0.2, 0.25) is 0 Å².